The first kappa shape index (κ1) is 20.4. The summed E-state index contributed by atoms with van der Waals surface area (Å²) >= 11 is 0. The molecule has 0 aromatic heterocycles. The molecule has 2 amide bonds. The minimum atomic E-state index is -0.955. The molecule has 1 saturated heterocycles. The smallest absolute Gasteiger partial charge is 0.318 e. The van der Waals surface area contributed by atoms with Crippen LogP contribution < -0.4 is 5.32 Å². The summed E-state index contributed by atoms with van der Waals surface area (Å²) in [6.45, 7) is 3.43. The monoisotopic (exact) mass is 402 g/mol. The van der Waals surface area contributed by atoms with E-state index in [1.54, 1.807) is 6.92 Å². The van der Waals surface area contributed by atoms with Crippen molar-refractivity contribution >= 4 is 17.8 Å². The van der Waals surface area contributed by atoms with Gasteiger partial charge in [0, 0.05) is 25.2 Å². The van der Waals surface area contributed by atoms with Crippen LogP contribution in [0.3, 0.4) is 0 Å². The molecule has 6 heteroatoms. The highest BCUT2D eigenvalue weighted by Crippen LogP contribution is 2.57. The Morgan fingerprint density at radius 3 is 2.66 bits per heavy atom. The fourth-order valence-corrected chi connectivity index (χ4v) is 6.10. The third-order valence-electron chi connectivity index (χ3n) is 7.44. The zero-order valence-corrected chi connectivity index (χ0v) is 17.6. The molecule has 2 aliphatic carbocycles. The molecule has 0 aromatic carbocycles. The van der Waals surface area contributed by atoms with Gasteiger partial charge in [0.15, 0.2) is 0 Å². The molecular weight excluding hydrogens is 368 g/mol. The molecule has 29 heavy (non-hydrogen) atoms. The molecule has 4 rings (SSSR count). The fourth-order valence-electron chi connectivity index (χ4n) is 6.10. The number of hydrogen-bond donors (Lipinski definition) is 1. The quantitative estimate of drug-likeness (QED) is 0.692. The van der Waals surface area contributed by atoms with Gasteiger partial charge in [0.05, 0.1) is 12.5 Å². The van der Waals surface area contributed by atoms with E-state index in [1.165, 1.54) is 37.7 Å². The van der Waals surface area contributed by atoms with E-state index in [0.29, 0.717) is 25.4 Å². The fraction of sp³-hybridized carbons (Fsp3) is 0.783. The summed E-state index contributed by atoms with van der Waals surface area (Å²) in [7, 11) is 0. The van der Waals surface area contributed by atoms with Crippen LogP contribution in [0.5, 0.6) is 0 Å². The Labute approximate surface area is 173 Å². The highest BCUT2D eigenvalue weighted by atomic mass is 16.5. The van der Waals surface area contributed by atoms with Gasteiger partial charge in [-0.15, -0.1) is 0 Å². The second-order valence-corrected chi connectivity index (χ2v) is 9.16. The van der Waals surface area contributed by atoms with Crippen LogP contribution in [0.25, 0.3) is 0 Å². The molecule has 2 aliphatic heterocycles. The van der Waals surface area contributed by atoms with Crippen LogP contribution in [0.1, 0.15) is 77.6 Å². The van der Waals surface area contributed by atoms with Crippen LogP contribution in [0.2, 0.25) is 0 Å². The molecule has 0 radical (unpaired) electrons. The molecule has 0 spiro atoms. The topological polar surface area (TPSA) is 75.7 Å². The van der Waals surface area contributed by atoms with Gasteiger partial charge in [-0.2, -0.15) is 0 Å². The first-order valence-corrected chi connectivity index (χ1v) is 11.6. The van der Waals surface area contributed by atoms with Crippen molar-refractivity contribution in [2.45, 2.75) is 77.6 Å². The Kier molecular flexibility index (Phi) is 5.98. The van der Waals surface area contributed by atoms with Gasteiger partial charge in [-0.1, -0.05) is 19.3 Å². The molecule has 2 atom stereocenters. The minimum Gasteiger partial charge on any atom is -0.465 e. The van der Waals surface area contributed by atoms with Gasteiger partial charge in [-0.25, -0.2) is 0 Å². The predicted molar refractivity (Wildman–Crippen MR) is 109 cm³/mol. The average molecular weight is 403 g/mol. The van der Waals surface area contributed by atoms with Crippen molar-refractivity contribution in [1.82, 2.24) is 10.2 Å². The van der Waals surface area contributed by atoms with E-state index >= 15 is 0 Å². The number of nitrogens with zero attached hydrogens (tertiary/aromatic N) is 1. The van der Waals surface area contributed by atoms with Crippen LogP contribution in [-0.4, -0.2) is 42.4 Å². The lowest BCUT2D eigenvalue weighted by molar-refractivity contribution is -0.158. The molecule has 1 saturated carbocycles. The maximum absolute atomic E-state index is 13.3. The molecule has 0 aromatic rings. The number of allylic oxidation sites excluding steroid dienone is 1. The average Bonchev–Trinajstić information content (AvgIpc) is 2.99. The third-order valence-corrected chi connectivity index (χ3v) is 7.44. The number of rotatable bonds is 6. The number of carbonyl (C=O) groups is 3. The highest BCUT2D eigenvalue weighted by molar-refractivity contribution is 5.99. The van der Waals surface area contributed by atoms with Crippen molar-refractivity contribution in [1.29, 1.82) is 0 Å². The summed E-state index contributed by atoms with van der Waals surface area (Å²) in [5.74, 6) is -0.558. The zero-order valence-electron chi connectivity index (χ0n) is 17.6. The van der Waals surface area contributed by atoms with Crippen molar-refractivity contribution < 1.29 is 19.1 Å². The number of hydrogen-bond acceptors (Lipinski definition) is 4. The van der Waals surface area contributed by atoms with Gasteiger partial charge < -0.3 is 15.0 Å². The Bertz CT molecular complexity index is 706. The van der Waals surface area contributed by atoms with E-state index in [0.717, 1.165) is 31.4 Å². The van der Waals surface area contributed by atoms with Crippen LogP contribution in [0.15, 0.2) is 11.3 Å². The van der Waals surface area contributed by atoms with E-state index in [4.69, 9.17) is 4.74 Å². The lowest BCUT2D eigenvalue weighted by Crippen LogP contribution is -2.44. The van der Waals surface area contributed by atoms with Gasteiger partial charge >= 0.3 is 5.97 Å². The van der Waals surface area contributed by atoms with Crippen molar-refractivity contribution in [3.8, 4) is 0 Å². The van der Waals surface area contributed by atoms with Crippen molar-refractivity contribution in [2.75, 3.05) is 19.7 Å². The van der Waals surface area contributed by atoms with E-state index in [1.807, 2.05) is 4.90 Å². The van der Waals surface area contributed by atoms with Gasteiger partial charge in [0.1, 0.15) is 5.41 Å². The van der Waals surface area contributed by atoms with Crippen molar-refractivity contribution in [3.63, 3.8) is 0 Å². The molecule has 1 N–H and O–H groups in total. The minimum absolute atomic E-state index is 0.0556. The molecule has 2 fully saturated rings. The lowest BCUT2D eigenvalue weighted by Gasteiger charge is -2.39. The van der Waals surface area contributed by atoms with Crippen LogP contribution in [-0.2, 0) is 19.1 Å². The first-order chi connectivity index (χ1) is 14.1. The third kappa shape index (κ3) is 3.59. The van der Waals surface area contributed by atoms with Gasteiger partial charge in [-0.05, 0) is 63.4 Å². The number of amides is 2. The summed E-state index contributed by atoms with van der Waals surface area (Å²) in [5, 5.41) is 3.07. The molecule has 0 bridgehead atoms. The van der Waals surface area contributed by atoms with Gasteiger partial charge in [0.2, 0.25) is 11.8 Å². The summed E-state index contributed by atoms with van der Waals surface area (Å²) in [6, 6.07) is 0. The largest absolute Gasteiger partial charge is 0.465 e. The number of esters is 1. The second-order valence-electron chi connectivity index (χ2n) is 9.16. The molecule has 2 heterocycles. The number of ether oxygens (including phenoxy) is 1. The molecule has 0 unspecified atom stereocenters. The van der Waals surface area contributed by atoms with Crippen LogP contribution in [0.4, 0.5) is 0 Å². The highest BCUT2D eigenvalue weighted by Gasteiger charge is 2.63. The summed E-state index contributed by atoms with van der Waals surface area (Å²) < 4.78 is 5.48. The maximum atomic E-state index is 13.3. The number of carbonyl (C=O) groups excluding carboxylic acids is 3. The van der Waals surface area contributed by atoms with Crippen molar-refractivity contribution in [2.24, 2.45) is 17.3 Å². The summed E-state index contributed by atoms with van der Waals surface area (Å²) in [4.78, 5) is 41.2. The number of nitrogens with one attached hydrogen (secondary N) is 1. The molecule has 4 aliphatic rings. The standard InChI is InChI=1S/C23H34N2O4/c1-2-29-22(28)23-12-6-10-17-11-7-13-25(20(17)23)21(27)18(23)14-19(26)24-15-16-8-4-3-5-9-16/h16,18H,2-15H2,1H3,(H,24,26)/t18-,23-/m1/s1. The predicted octanol–water partition coefficient (Wildman–Crippen LogP) is 3.31. The Hall–Kier alpha value is -1.85. The van der Waals surface area contributed by atoms with Crippen LogP contribution >= 0.6 is 0 Å². The Morgan fingerprint density at radius 1 is 1.14 bits per heavy atom. The summed E-state index contributed by atoms with van der Waals surface area (Å²) in [5.41, 5.74) is 1.17. The Balaban J connectivity index is 1.55. The van der Waals surface area contributed by atoms with Gasteiger partial charge in [0.25, 0.3) is 0 Å². The first-order valence-electron chi connectivity index (χ1n) is 11.6. The second kappa shape index (κ2) is 8.49. The Morgan fingerprint density at radius 2 is 1.90 bits per heavy atom. The van der Waals surface area contributed by atoms with Crippen LogP contribution in [0, 0.1) is 17.3 Å². The maximum Gasteiger partial charge on any atom is 0.318 e. The molecule has 6 nitrogen and oxygen atoms in total. The van der Waals surface area contributed by atoms with E-state index in [9.17, 15) is 14.4 Å². The summed E-state index contributed by atoms with van der Waals surface area (Å²) in [6.07, 6.45) is 10.5. The van der Waals surface area contributed by atoms with E-state index in [2.05, 4.69) is 5.32 Å². The normalized spacial score (nSPS) is 29.6. The van der Waals surface area contributed by atoms with E-state index < -0.39 is 11.3 Å². The SMILES string of the molecule is CCOC(=O)[C@@]12CCCC3=C1N(CCC3)C(=O)[C@H]2CC(=O)NCC1CCCCC1. The molecular formula is C23H34N2O4. The lowest BCUT2D eigenvalue weighted by atomic mass is 9.65. The molecule has 160 valence electrons. The van der Waals surface area contributed by atoms with Crippen molar-refractivity contribution in [3.05, 3.63) is 11.3 Å². The zero-order chi connectivity index (χ0) is 20.4. The van der Waals surface area contributed by atoms with E-state index in [-0.39, 0.29) is 30.8 Å². The van der Waals surface area contributed by atoms with Gasteiger partial charge in [-0.3, -0.25) is 14.4 Å².